The maximum absolute atomic E-state index is 13.2. The molecule has 1 fully saturated rings. The third-order valence-electron chi connectivity index (χ3n) is 4.43. The van der Waals surface area contributed by atoms with Gasteiger partial charge in [0.25, 0.3) is 0 Å². The van der Waals surface area contributed by atoms with E-state index in [0.717, 1.165) is 31.2 Å². The molecule has 0 aliphatic heterocycles. The van der Waals surface area contributed by atoms with Crippen LogP contribution in [0, 0.1) is 11.7 Å². The van der Waals surface area contributed by atoms with Gasteiger partial charge in [0.05, 0.1) is 0 Å². The Morgan fingerprint density at radius 3 is 2.59 bits per heavy atom. The monoisotopic (exact) mass is 327 g/mol. The highest BCUT2D eigenvalue weighted by Crippen LogP contribution is 2.43. The summed E-state index contributed by atoms with van der Waals surface area (Å²) in [6, 6.07) is 4.30. The van der Waals surface area contributed by atoms with Gasteiger partial charge in [-0.1, -0.05) is 30.5 Å². The summed E-state index contributed by atoms with van der Waals surface area (Å²) in [5, 5.41) is 11.9. The number of hydrogen-bond donors (Lipinski definition) is 2. The van der Waals surface area contributed by atoms with Crippen LogP contribution in [0.3, 0.4) is 0 Å². The maximum atomic E-state index is 13.2. The fourth-order valence-electron chi connectivity index (χ4n) is 3.03. The molecule has 1 aromatic rings. The van der Waals surface area contributed by atoms with Gasteiger partial charge in [-0.05, 0) is 37.5 Å². The zero-order valence-electron chi connectivity index (χ0n) is 12.4. The molecule has 4 nitrogen and oxygen atoms in total. The van der Waals surface area contributed by atoms with Crippen LogP contribution in [-0.2, 0) is 15.0 Å². The molecule has 0 radical (unpaired) electrons. The first kappa shape index (κ1) is 16.7. The van der Waals surface area contributed by atoms with Crippen molar-refractivity contribution in [3.63, 3.8) is 0 Å². The average Bonchev–Trinajstić information content (AvgIpc) is 2.93. The number of aliphatic carboxylic acids is 1. The van der Waals surface area contributed by atoms with Gasteiger partial charge < -0.3 is 10.4 Å². The Balaban J connectivity index is 2.19. The van der Waals surface area contributed by atoms with Crippen LogP contribution in [-0.4, -0.2) is 23.5 Å². The fourth-order valence-corrected chi connectivity index (χ4v) is 3.40. The summed E-state index contributed by atoms with van der Waals surface area (Å²) in [6.45, 7) is 1.67. The van der Waals surface area contributed by atoms with Gasteiger partial charge in [0.2, 0.25) is 5.91 Å². The van der Waals surface area contributed by atoms with Crippen LogP contribution in [0.25, 0.3) is 0 Å². The summed E-state index contributed by atoms with van der Waals surface area (Å²) in [7, 11) is 0. The molecule has 0 spiro atoms. The van der Waals surface area contributed by atoms with Crippen LogP contribution < -0.4 is 5.32 Å². The van der Waals surface area contributed by atoms with Crippen molar-refractivity contribution in [1.82, 2.24) is 5.32 Å². The second-order valence-electron chi connectivity index (χ2n) is 5.89. The predicted molar refractivity (Wildman–Crippen MR) is 81.4 cm³/mol. The number of carbonyl (C=O) groups is 2. The molecule has 1 unspecified atom stereocenters. The number of carbonyl (C=O) groups excluding carboxylic acids is 1. The topological polar surface area (TPSA) is 66.4 Å². The summed E-state index contributed by atoms with van der Waals surface area (Å²) >= 11 is 6.18. The normalized spacial score (nSPS) is 18.0. The molecule has 0 saturated heterocycles. The minimum atomic E-state index is -1.15. The molecular weight excluding hydrogens is 309 g/mol. The number of benzene rings is 1. The Kier molecular flexibility index (Phi) is 5.06. The van der Waals surface area contributed by atoms with E-state index in [1.54, 1.807) is 6.07 Å². The molecule has 1 amide bonds. The lowest BCUT2D eigenvalue weighted by Crippen LogP contribution is -2.42. The van der Waals surface area contributed by atoms with Crippen LogP contribution in [0.1, 0.15) is 38.2 Å². The number of rotatable bonds is 5. The Labute approximate surface area is 133 Å². The SMILES string of the molecule is CC(C(=O)O)C(=O)NCC1(c2ccc(F)cc2Cl)CCCC1. The Morgan fingerprint density at radius 2 is 2.05 bits per heavy atom. The van der Waals surface area contributed by atoms with Gasteiger partial charge in [-0.15, -0.1) is 0 Å². The fraction of sp³-hybridized carbons (Fsp3) is 0.500. The van der Waals surface area contributed by atoms with Crippen LogP contribution >= 0.6 is 11.6 Å². The summed E-state index contributed by atoms with van der Waals surface area (Å²) in [4.78, 5) is 22.7. The van der Waals surface area contributed by atoms with Gasteiger partial charge in [0.15, 0.2) is 0 Å². The third-order valence-corrected chi connectivity index (χ3v) is 4.74. The molecule has 1 aromatic carbocycles. The van der Waals surface area contributed by atoms with Gasteiger partial charge in [-0.25, -0.2) is 4.39 Å². The van der Waals surface area contributed by atoms with Crippen molar-refractivity contribution in [2.24, 2.45) is 5.92 Å². The van der Waals surface area contributed by atoms with Crippen LogP contribution in [0.4, 0.5) is 4.39 Å². The molecule has 1 aliphatic carbocycles. The lowest BCUT2D eigenvalue weighted by atomic mass is 9.78. The minimum Gasteiger partial charge on any atom is -0.481 e. The second kappa shape index (κ2) is 6.65. The standard InChI is InChI=1S/C16H19ClFNO3/c1-10(15(21)22)14(20)19-9-16(6-2-3-7-16)12-5-4-11(18)8-13(12)17/h4-5,8,10H,2-3,6-7,9H2,1H3,(H,19,20)(H,21,22). The molecule has 2 N–H and O–H groups in total. The van der Waals surface area contributed by atoms with Crippen LogP contribution in [0.15, 0.2) is 18.2 Å². The van der Waals surface area contributed by atoms with E-state index in [1.807, 2.05) is 0 Å². The van der Waals surface area contributed by atoms with E-state index in [2.05, 4.69) is 5.32 Å². The summed E-state index contributed by atoms with van der Waals surface area (Å²) < 4.78 is 13.2. The number of carboxylic acids is 1. The summed E-state index contributed by atoms with van der Waals surface area (Å²) in [6.07, 6.45) is 3.66. The Morgan fingerprint density at radius 1 is 1.41 bits per heavy atom. The first-order chi connectivity index (χ1) is 10.4. The maximum Gasteiger partial charge on any atom is 0.315 e. The van der Waals surface area contributed by atoms with Crippen molar-refractivity contribution >= 4 is 23.5 Å². The number of nitrogens with one attached hydrogen (secondary N) is 1. The zero-order valence-corrected chi connectivity index (χ0v) is 13.1. The van der Waals surface area contributed by atoms with E-state index in [4.69, 9.17) is 16.7 Å². The van der Waals surface area contributed by atoms with E-state index in [-0.39, 0.29) is 5.41 Å². The molecule has 2 rings (SSSR count). The van der Waals surface area contributed by atoms with E-state index >= 15 is 0 Å². The van der Waals surface area contributed by atoms with E-state index in [9.17, 15) is 14.0 Å². The lowest BCUT2D eigenvalue weighted by molar-refractivity contribution is -0.146. The van der Waals surface area contributed by atoms with E-state index in [0.29, 0.717) is 11.6 Å². The van der Waals surface area contributed by atoms with E-state index < -0.39 is 23.6 Å². The third kappa shape index (κ3) is 3.40. The Hall–Kier alpha value is -1.62. The quantitative estimate of drug-likeness (QED) is 0.816. The predicted octanol–water partition coefficient (Wildman–Crippen LogP) is 3.13. The number of halogens is 2. The molecule has 1 aliphatic rings. The van der Waals surface area contributed by atoms with Crippen molar-refractivity contribution in [2.75, 3.05) is 6.54 Å². The minimum absolute atomic E-state index is 0.314. The van der Waals surface area contributed by atoms with E-state index in [1.165, 1.54) is 19.1 Å². The summed E-state index contributed by atoms with van der Waals surface area (Å²) in [5.41, 5.74) is 0.468. The highest BCUT2D eigenvalue weighted by molar-refractivity contribution is 6.31. The summed E-state index contributed by atoms with van der Waals surface area (Å²) in [5.74, 6) is -3.16. The molecule has 120 valence electrons. The first-order valence-electron chi connectivity index (χ1n) is 7.32. The molecule has 22 heavy (non-hydrogen) atoms. The van der Waals surface area contributed by atoms with Gasteiger partial charge in [-0.2, -0.15) is 0 Å². The molecule has 0 aromatic heterocycles. The zero-order chi connectivity index (χ0) is 16.3. The average molecular weight is 328 g/mol. The van der Waals surface area contributed by atoms with Crippen molar-refractivity contribution in [1.29, 1.82) is 0 Å². The first-order valence-corrected chi connectivity index (χ1v) is 7.69. The highest BCUT2D eigenvalue weighted by atomic mass is 35.5. The van der Waals surface area contributed by atoms with Crippen molar-refractivity contribution in [3.8, 4) is 0 Å². The van der Waals surface area contributed by atoms with Crippen LogP contribution in [0.5, 0.6) is 0 Å². The lowest BCUT2D eigenvalue weighted by Gasteiger charge is -2.31. The highest BCUT2D eigenvalue weighted by Gasteiger charge is 2.38. The van der Waals surface area contributed by atoms with Gasteiger partial charge in [-0.3, -0.25) is 9.59 Å². The Bertz CT molecular complexity index is 585. The molecular formula is C16H19ClFNO3. The second-order valence-corrected chi connectivity index (χ2v) is 6.30. The molecule has 6 heteroatoms. The molecule has 1 saturated carbocycles. The van der Waals surface area contributed by atoms with Crippen molar-refractivity contribution < 1.29 is 19.1 Å². The number of carboxylic acid groups (broad SMARTS) is 1. The van der Waals surface area contributed by atoms with Crippen molar-refractivity contribution in [2.45, 2.75) is 38.0 Å². The van der Waals surface area contributed by atoms with Crippen LogP contribution in [0.2, 0.25) is 5.02 Å². The van der Waals surface area contributed by atoms with Gasteiger partial charge in [0.1, 0.15) is 11.7 Å². The van der Waals surface area contributed by atoms with Gasteiger partial charge in [0, 0.05) is 17.0 Å². The number of hydrogen-bond acceptors (Lipinski definition) is 2. The molecule has 0 heterocycles. The molecule has 1 atom stereocenters. The largest absolute Gasteiger partial charge is 0.481 e. The number of amides is 1. The smallest absolute Gasteiger partial charge is 0.315 e. The molecule has 0 bridgehead atoms. The van der Waals surface area contributed by atoms with Crippen molar-refractivity contribution in [3.05, 3.63) is 34.6 Å². The van der Waals surface area contributed by atoms with Gasteiger partial charge >= 0.3 is 5.97 Å².